The van der Waals surface area contributed by atoms with Crippen molar-refractivity contribution >= 4 is 11.9 Å². The third kappa shape index (κ3) is 3.85. The van der Waals surface area contributed by atoms with E-state index in [-0.39, 0.29) is 18.0 Å². The molecule has 2 fully saturated rings. The molecule has 6 nitrogen and oxygen atoms in total. The van der Waals surface area contributed by atoms with Crippen molar-refractivity contribution in [3.63, 3.8) is 0 Å². The maximum Gasteiger partial charge on any atom is 0.327 e. The number of piperidine rings is 1. The van der Waals surface area contributed by atoms with E-state index < -0.39 is 5.54 Å². The summed E-state index contributed by atoms with van der Waals surface area (Å²) in [6, 6.07) is 0.144. The lowest BCUT2D eigenvalue weighted by Gasteiger charge is -2.44. The predicted octanol–water partition coefficient (Wildman–Crippen LogP) is 2.57. The first-order chi connectivity index (χ1) is 11.7. The second kappa shape index (κ2) is 8.04. The predicted molar refractivity (Wildman–Crippen MR) is 98.4 cm³/mol. The van der Waals surface area contributed by atoms with Crippen LogP contribution in [-0.2, 0) is 9.53 Å². The zero-order chi connectivity index (χ0) is 18.8. The van der Waals surface area contributed by atoms with Crippen molar-refractivity contribution < 1.29 is 14.3 Å². The van der Waals surface area contributed by atoms with Gasteiger partial charge in [-0.15, -0.1) is 0 Å². The minimum Gasteiger partial charge on any atom is -0.383 e. The molecule has 2 aliphatic rings. The first-order valence-electron chi connectivity index (χ1n) is 9.63. The summed E-state index contributed by atoms with van der Waals surface area (Å²) in [6.07, 6.45) is 2.36. The fourth-order valence-corrected chi connectivity index (χ4v) is 4.06. The second-order valence-electron chi connectivity index (χ2n) is 8.26. The number of likely N-dealkylation sites (tertiary alicyclic amines) is 1. The smallest absolute Gasteiger partial charge is 0.327 e. The number of nitrogens with zero attached hydrogens (tertiary/aromatic N) is 3. The molecule has 0 bridgehead atoms. The van der Waals surface area contributed by atoms with Crippen LogP contribution in [0, 0.1) is 5.92 Å². The Bertz CT molecular complexity index is 484. The van der Waals surface area contributed by atoms with E-state index in [1.165, 1.54) is 4.90 Å². The lowest BCUT2D eigenvalue weighted by Crippen LogP contribution is -2.58. The first-order valence-corrected chi connectivity index (χ1v) is 9.63. The molecule has 0 aromatic heterocycles. The number of rotatable bonds is 7. The normalized spacial score (nSPS) is 22.7. The van der Waals surface area contributed by atoms with E-state index in [1.54, 1.807) is 7.11 Å². The molecule has 0 saturated carbocycles. The van der Waals surface area contributed by atoms with Gasteiger partial charge in [-0.05, 0) is 46.0 Å². The van der Waals surface area contributed by atoms with Crippen molar-refractivity contribution in [2.45, 2.75) is 71.5 Å². The quantitative estimate of drug-likeness (QED) is 0.660. The Kier molecular flexibility index (Phi) is 6.49. The summed E-state index contributed by atoms with van der Waals surface area (Å²) >= 11 is 0. The van der Waals surface area contributed by atoms with E-state index in [1.807, 2.05) is 18.7 Å². The van der Waals surface area contributed by atoms with Crippen molar-refractivity contribution in [1.29, 1.82) is 0 Å². The molecule has 1 atom stereocenters. The summed E-state index contributed by atoms with van der Waals surface area (Å²) in [6.45, 7) is 13.3. The molecule has 0 aromatic rings. The highest BCUT2D eigenvalue weighted by Crippen LogP contribution is 2.39. The number of carbonyl (C=O) groups is 2. The molecule has 0 unspecified atom stereocenters. The maximum atomic E-state index is 13.2. The number of carbonyl (C=O) groups excluding carboxylic acids is 2. The van der Waals surface area contributed by atoms with Gasteiger partial charge in [0.05, 0.1) is 6.61 Å². The number of imide groups is 1. The molecular weight excluding hydrogens is 318 g/mol. The monoisotopic (exact) mass is 353 g/mol. The van der Waals surface area contributed by atoms with Crippen LogP contribution in [0.15, 0.2) is 0 Å². The SMILES string of the molecule is COC[C@@H](C)N1CCC2(CC1)C(=O)N(C(C)C)C(=O)N2CCC(C)C. The Morgan fingerprint density at radius 1 is 1.08 bits per heavy atom. The molecule has 25 heavy (non-hydrogen) atoms. The molecule has 3 amide bonds. The van der Waals surface area contributed by atoms with Crippen LogP contribution in [-0.4, -0.2) is 77.6 Å². The zero-order valence-corrected chi connectivity index (χ0v) is 16.7. The summed E-state index contributed by atoms with van der Waals surface area (Å²) in [5, 5.41) is 0. The molecule has 0 aromatic carbocycles. The topological polar surface area (TPSA) is 53.1 Å². The van der Waals surface area contributed by atoms with Crippen molar-refractivity contribution in [1.82, 2.24) is 14.7 Å². The number of hydrogen-bond acceptors (Lipinski definition) is 4. The van der Waals surface area contributed by atoms with E-state index in [2.05, 4.69) is 25.7 Å². The van der Waals surface area contributed by atoms with Gasteiger partial charge in [-0.2, -0.15) is 0 Å². The summed E-state index contributed by atoms with van der Waals surface area (Å²) in [4.78, 5) is 31.9. The minimum atomic E-state index is -0.639. The number of urea groups is 1. The summed E-state index contributed by atoms with van der Waals surface area (Å²) < 4.78 is 5.27. The van der Waals surface area contributed by atoms with Gasteiger partial charge in [0.25, 0.3) is 5.91 Å². The molecule has 2 aliphatic heterocycles. The molecule has 2 saturated heterocycles. The van der Waals surface area contributed by atoms with Crippen LogP contribution in [0.25, 0.3) is 0 Å². The summed E-state index contributed by atoms with van der Waals surface area (Å²) in [5.41, 5.74) is -0.639. The van der Waals surface area contributed by atoms with Gasteiger partial charge in [0.1, 0.15) is 5.54 Å². The minimum absolute atomic E-state index is 0.00954. The second-order valence-corrected chi connectivity index (χ2v) is 8.26. The van der Waals surface area contributed by atoms with E-state index in [4.69, 9.17) is 4.74 Å². The van der Waals surface area contributed by atoms with Crippen LogP contribution < -0.4 is 0 Å². The molecule has 0 N–H and O–H groups in total. The third-order valence-corrected chi connectivity index (χ3v) is 5.67. The Hall–Kier alpha value is -1.14. The summed E-state index contributed by atoms with van der Waals surface area (Å²) in [5.74, 6) is 0.519. The first kappa shape index (κ1) is 20.2. The van der Waals surface area contributed by atoms with Crippen molar-refractivity contribution in [2.24, 2.45) is 5.92 Å². The van der Waals surface area contributed by atoms with Crippen molar-refractivity contribution in [2.75, 3.05) is 33.4 Å². The zero-order valence-electron chi connectivity index (χ0n) is 16.7. The highest BCUT2D eigenvalue weighted by Gasteiger charge is 2.58. The Balaban J connectivity index is 2.20. The van der Waals surface area contributed by atoms with Crippen molar-refractivity contribution in [3.8, 4) is 0 Å². The number of ether oxygens (including phenoxy) is 1. The fraction of sp³-hybridized carbons (Fsp3) is 0.895. The van der Waals surface area contributed by atoms with E-state index in [0.29, 0.717) is 38.0 Å². The van der Waals surface area contributed by atoms with Crippen LogP contribution in [0.2, 0.25) is 0 Å². The van der Waals surface area contributed by atoms with Gasteiger partial charge < -0.3 is 9.64 Å². The van der Waals surface area contributed by atoms with Gasteiger partial charge in [-0.25, -0.2) is 4.79 Å². The van der Waals surface area contributed by atoms with E-state index in [9.17, 15) is 9.59 Å². The van der Waals surface area contributed by atoms with Gasteiger partial charge in [-0.3, -0.25) is 14.6 Å². The molecule has 6 heteroatoms. The Labute approximate surface area is 152 Å². The largest absolute Gasteiger partial charge is 0.383 e. The Morgan fingerprint density at radius 3 is 2.16 bits per heavy atom. The fourth-order valence-electron chi connectivity index (χ4n) is 4.06. The average molecular weight is 354 g/mol. The molecule has 144 valence electrons. The maximum absolute atomic E-state index is 13.2. The molecule has 0 radical (unpaired) electrons. The van der Waals surface area contributed by atoms with Gasteiger partial charge in [0.2, 0.25) is 0 Å². The van der Waals surface area contributed by atoms with Crippen LogP contribution in [0.5, 0.6) is 0 Å². The molecule has 2 heterocycles. The number of amides is 3. The van der Waals surface area contributed by atoms with Gasteiger partial charge in [0, 0.05) is 38.8 Å². The number of hydrogen-bond donors (Lipinski definition) is 0. The van der Waals surface area contributed by atoms with Crippen LogP contribution in [0.1, 0.15) is 53.9 Å². The molecular formula is C19H35N3O3. The third-order valence-electron chi connectivity index (χ3n) is 5.67. The van der Waals surface area contributed by atoms with E-state index >= 15 is 0 Å². The van der Waals surface area contributed by atoms with Crippen LogP contribution in [0.4, 0.5) is 4.79 Å². The van der Waals surface area contributed by atoms with Gasteiger partial charge >= 0.3 is 6.03 Å². The van der Waals surface area contributed by atoms with Gasteiger partial charge in [-0.1, -0.05) is 13.8 Å². The highest BCUT2D eigenvalue weighted by molar-refractivity contribution is 6.07. The van der Waals surface area contributed by atoms with E-state index in [0.717, 1.165) is 19.5 Å². The number of methoxy groups -OCH3 is 1. The highest BCUT2D eigenvalue weighted by atomic mass is 16.5. The van der Waals surface area contributed by atoms with Crippen LogP contribution in [0.3, 0.4) is 0 Å². The summed E-state index contributed by atoms with van der Waals surface area (Å²) in [7, 11) is 1.72. The van der Waals surface area contributed by atoms with Crippen molar-refractivity contribution in [3.05, 3.63) is 0 Å². The lowest BCUT2D eigenvalue weighted by molar-refractivity contribution is -0.137. The molecule has 2 rings (SSSR count). The average Bonchev–Trinajstić information content (AvgIpc) is 2.74. The molecule has 1 spiro atoms. The van der Waals surface area contributed by atoms with Gasteiger partial charge in [0.15, 0.2) is 0 Å². The Morgan fingerprint density at radius 2 is 1.68 bits per heavy atom. The lowest BCUT2D eigenvalue weighted by atomic mass is 9.85. The van der Waals surface area contributed by atoms with Crippen LogP contribution >= 0.6 is 0 Å². The molecule has 0 aliphatic carbocycles. The standard InChI is InChI=1S/C19H35N3O3/c1-14(2)7-10-21-18(24)22(15(3)4)17(23)19(21)8-11-20(12-9-19)16(5)13-25-6/h14-16H,7-13H2,1-6H3/t16-/m1/s1.